The summed E-state index contributed by atoms with van der Waals surface area (Å²) in [5.41, 5.74) is -2.03. The summed E-state index contributed by atoms with van der Waals surface area (Å²) in [4.78, 5) is 16.8. The van der Waals surface area contributed by atoms with Gasteiger partial charge in [-0.25, -0.2) is 4.98 Å². The summed E-state index contributed by atoms with van der Waals surface area (Å²) in [5.74, 6) is 0. The number of nitrogens with one attached hydrogen (secondary N) is 1. The zero-order valence-electron chi connectivity index (χ0n) is 9.16. The Hall–Kier alpha value is -1.47. The number of hydrogen-bond acceptors (Lipinski definition) is 3. The molecular weight excluding hydrogens is 301 g/mol. The lowest BCUT2D eigenvalue weighted by molar-refractivity contribution is -0.143. The van der Waals surface area contributed by atoms with Gasteiger partial charge in [-0.1, -0.05) is 23.4 Å². The predicted octanol–water partition coefficient (Wildman–Crippen LogP) is 3.59. The molecule has 100 valence electrons. The van der Waals surface area contributed by atoms with Gasteiger partial charge in [-0.3, -0.25) is 4.79 Å². The highest BCUT2D eigenvalue weighted by Crippen LogP contribution is 2.36. The number of hydrogen-bond donors (Lipinski definition) is 1. The van der Waals surface area contributed by atoms with Gasteiger partial charge in [-0.2, -0.15) is 13.2 Å². The highest BCUT2D eigenvalue weighted by molar-refractivity contribution is 7.99. The van der Waals surface area contributed by atoms with Gasteiger partial charge in [-0.15, -0.1) is 0 Å². The van der Waals surface area contributed by atoms with E-state index in [1.807, 2.05) is 0 Å². The van der Waals surface area contributed by atoms with E-state index in [0.717, 1.165) is 6.33 Å². The zero-order valence-corrected chi connectivity index (χ0v) is 10.7. The Morgan fingerprint density at radius 2 is 1.84 bits per heavy atom. The highest BCUT2D eigenvalue weighted by atomic mass is 35.5. The SMILES string of the molecule is O=c1[nH]cnc(C(F)(F)F)c1Sc1ccc(Cl)cc1. The van der Waals surface area contributed by atoms with Gasteiger partial charge in [0.15, 0.2) is 5.69 Å². The van der Waals surface area contributed by atoms with Gasteiger partial charge in [-0.05, 0) is 24.3 Å². The van der Waals surface area contributed by atoms with Gasteiger partial charge in [0.2, 0.25) is 0 Å². The molecule has 0 fully saturated rings. The van der Waals surface area contributed by atoms with Crippen molar-refractivity contribution in [2.45, 2.75) is 16.0 Å². The normalized spacial score (nSPS) is 11.6. The number of nitrogens with zero attached hydrogens (tertiary/aromatic N) is 1. The second kappa shape index (κ2) is 5.26. The predicted molar refractivity (Wildman–Crippen MR) is 65.4 cm³/mol. The maximum absolute atomic E-state index is 12.7. The fraction of sp³-hybridized carbons (Fsp3) is 0.0909. The van der Waals surface area contributed by atoms with Crippen LogP contribution in [0.2, 0.25) is 5.02 Å². The van der Waals surface area contributed by atoms with Crippen LogP contribution < -0.4 is 5.56 Å². The Morgan fingerprint density at radius 1 is 1.21 bits per heavy atom. The lowest BCUT2D eigenvalue weighted by Gasteiger charge is -2.09. The van der Waals surface area contributed by atoms with Crippen LogP contribution in [0.15, 0.2) is 45.2 Å². The molecule has 1 N–H and O–H groups in total. The number of rotatable bonds is 2. The van der Waals surface area contributed by atoms with Gasteiger partial charge < -0.3 is 4.98 Å². The van der Waals surface area contributed by atoms with Crippen LogP contribution in [0.5, 0.6) is 0 Å². The maximum Gasteiger partial charge on any atom is 0.434 e. The quantitative estimate of drug-likeness (QED) is 0.922. The van der Waals surface area contributed by atoms with Crippen molar-refractivity contribution >= 4 is 23.4 Å². The Bertz CT molecular complexity index is 640. The first-order valence-corrected chi connectivity index (χ1v) is 6.15. The number of aromatic nitrogens is 2. The molecule has 0 atom stereocenters. The molecule has 0 saturated carbocycles. The second-order valence-corrected chi connectivity index (χ2v) is 4.98. The number of H-pyrrole nitrogens is 1. The summed E-state index contributed by atoms with van der Waals surface area (Å²) in [5, 5.41) is 0.459. The molecule has 2 aromatic rings. The minimum absolute atomic E-state index is 0.459. The largest absolute Gasteiger partial charge is 0.434 e. The van der Waals surface area contributed by atoms with E-state index in [-0.39, 0.29) is 0 Å². The molecule has 0 bridgehead atoms. The molecule has 1 aromatic carbocycles. The standard InChI is InChI=1S/C11H6ClF3N2OS/c12-6-1-3-7(4-2-6)19-8-9(11(13,14)15)16-5-17-10(8)18/h1-5H,(H,16,17,18). The molecular formula is C11H6ClF3N2OS. The molecule has 0 amide bonds. The van der Waals surface area contributed by atoms with E-state index in [2.05, 4.69) is 9.97 Å². The fourth-order valence-electron chi connectivity index (χ4n) is 1.30. The molecule has 0 aliphatic rings. The third-order valence-corrected chi connectivity index (χ3v) is 3.46. The van der Waals surface area contributed by atoms with Gasteiger partial charge in [0.25, 0.3) is 5.56 Å². The van der Waals surface area contributed by atoms with Crippen molar-refractivity contribution in [3.05, 3.63) is 51.7 Å². The minimum atomic E-state index is -4.68. The number of halogens is 4. The van der Waals surface area contributed by atoms with Crippen LogP contribution in [0, 0.1) is 0 Å². The average molecular weight is 307 g/mol. The average Bonchev–Trinajstić information content (AvgIpc) is 2.33. The third kappa shape index (κ3) is 3.30. The number of benzene rings is 1. The van der Waals surface area contributed by atoms with Crippen LogP contribution in [0.25, 0.3) is 0 Å². The maximum atomic E-state index is 12.7. The molecule has 0 spiro atoms. The zero-order chi connectivity index (χ0) is 14.0. The van der Waals surface area contributed by atoms with Crippen LogP contribution in [-0.4, -0.2) is 9.97 Å². The van der Waals surface area contributed by atoms with E-state index >= 15 is 0 Å². The minimum Gasteiger partial charge on any atom is -0.312 e. The summed E-state index contributed by atoms with van der Waals surface area (Å²) < 4.78 is 38.2. The van der Waals surface area contributed by atoms with Gasteiger partial charge in [0.05, 0.1) is 6.33 Å². The Labute approximate surface area is 114 Å². The van der Waals surface area contributed by atoms with E-state index in [1.54, 1.807) is 0 Å². The van der Waals surface area contributed by atoms with E-state index in [4.69, 9.17) is 11.6 Å². The van der Waals surface area contributed by atoms with Crippen LogP contribution in [-0.2, 0) is 6.18 Å². The lowest BCUT2D eigenvalue weighted by atomic mass is 10.4. The first-order valence-electron chi connectivity index (χ1n) is 4.96. The van der Waals surface area contributed by atoms with Gasteiger partial charge in [0.1, 0.15) is 4.90 Å². The monoisotopic (exact) mass is 306 g/mol. The lowest BCUT2D eigenvalue weighted by Crippen LogP contribution is -2.19. The first-order chi connectivity index (χ1) is 8.88. The summed E-state index contributed by atoms with van der Waals surface area (Å²) in [6.07, 6.45) is -3.94. The number of aromatic amines is 1. The summed E-state index contributed by atoms with van der Waals surface area (Å²) in [6.45, 7) is 0. The van der Waals surface area contributed by atoms with E-state index < -0.39 is 22.3 Å². The molecule has 0 aliphatic heterocycles. The molecule has 8 heteroatoms. The molecule has 2 rings (SSSR count). The molecule has 1 aromatic heterocycles. The summed E-state index contributed by atoms with van der Waals surface area (Å²) >= 11 is 6.37. The first kappa shape index (κ1) is 14.0. The molecule has 19 heavy (non-hydrogen) atoms. The van der Waals surface area contributed by atoms with Crippen molar-refractivity contribution in [1.82, 2.24) is 9.97 Å². The Kier molecular flexibility index (Phi) is 3.86. The third-order valence-electron chi connectivity index (χ3n) is 2.11. The van der Waals surface area contributed by atoms with E-state index in [9.17, 15) is 18.0 Å². The van der Waals surface area contributed by atoms with Gasteiger partial charge in [0, 0.05) is 9.92 Å². The van der Waals surface area contributed by atoms with Gasteiger partial charge >= 0.3 is 6.18 Å². The molecule has 0 radical (unpaired) electrons. The van der Waals surface area contributed by atoms with Crippen molar-refractivity contribution in [3.8, 4) is 0 Å². The summed E-state index contributed by atoms with van der Waals surface area (Å²) in [6, 6.07) is 6.11. The Balaban J connectivity index is 2.45. The van der Waals surface area contributed by atoms with Crippen molar-refractivity contribution in [1.29, 1.82) is 0 Å². The second-order valence-electron chi connectivity index (χ2n) is 3.46. The van der Waals surface area contributed by atoms with E-state index in [1.165, 1.54) is 24.3 Å². The Morgan fingerprint density at radius 3 is 2.42 bits per heavy atom. The van der Waals surface area contributed by atoms with Crippen molar-refractivity contribution < 1.29 is 13.2 Å². The van der Waals surface area contributed by atoms with Crippen LogP contribution in [0.1, 0.15) is 5.69 Å². The highest BCUT2D eigenvalue weighted by Gasteiger charge is 2.36. The molecule has 3 nitrogen and oxygen atoms in total. The molecule has 0 aliphatic carbocycles. The molecule has 0 unspecified atom stereocenters. The smallest absolute Gasteiger partial charge is 0.312 e. The molecule has 0 saturated heterocycles. The van der Waals surface area contributed by atoms with Crippen molar-refractivity contribution in [3.63, 3.8) is 0 Å². The number of alkyl halides is 3. The summed E-state index contributed by atoms with van der Waals surface area (Å²) in [7, 11) is 0. The fourth-order valence-corrected chi connectivity index (χ4v) is 2.35. The van der Waals surface area contributed by atoms with Crippen molar-refractivity contribution in [2.24, 2.45) is 0 Å². The topological polar surface area (TPSA) is 45.8 Å². The van der Waals surface area contributed by atoms with Crippen molar-refractivity contribution in [2.75, 3.05) is 0 Å². The molecule has 1 heterocycles. The van der Waals surface area contributed by atoms with E-state index in [0.29, 0.717) is 21.7 Å². The van der Waals surface area contributed by atoms with Crippen LogP contribution in [0.4, 0.5) is 13.2 Å². The van der Waals surface area contributed by atoms with Crippen LogP contribution in [0.3, 0.4) is 0 Å². The van der Waals surface area contributed by atoms with Crippen LogP contribution >= 0.6 is 23.4 Å².